The highest BCUT2D eigenvalue weighted by Gasteiger charge is 2.21. The van der Waals surface area contributed by atoms with Gasteiger partial charge >= 0.3 is 0 Å². The number of rotatable bonds is 5. The van der Waals surface area contributed by atoms with Crippen molar-refractivity contribution in [1.29, 1.82) is 0 Å². The Hall–Kier alpha value is -1.59. The fourth-order valence-corrected chi connectivity index (χ4v) is 2.39. The summed E-state index contributed by atoms with van der Waals surface area (Å²) in [6.07, 6.45) is 0.889. The van der Waals surface area contributed by atoms with E-state index in [2.05, 4.69) is 10.2 Å². The molecule has 0 aromatic heterocycles. The molecule has 0 radical (unpaired) electrons. The Kier molecular flexibility index (Phi) is 5.59. The highest BCUT2D eigenvalue weighted by atomic mass is 16.5. The Morgan fingerprint density at radius 3 is 2.71 bits per heavy atom. The molecule has 1 fully saturated rings. The van der Waals surface area contributed by atoms with Crippen LogP contribution < -0.4 is 16.0 Å². The average Bonchev–Trinajstić information content (AvgIpc) is 2.54. The van der Waals surface area contributed by atoms with E-state index in [-0.39, 0.29) is 11.8 Å². The van der Waals surface area contributed by atoms with Crippen molar-refractivity contribution >= 4 is 17.3 Å². The maximum atomic E-state index is 12.3. The van der Waals surface area contributed by atoms with Gasteiger partial charge in [0.15, 0.2) is 0 Å². The molecule has 2 rings (SSSR count). The van der Waals surface area contributed by atoms with Crippen LogP contribution in [0.3, 0.4) is 0 Å². The van der Waals surface area contributed by atoms with E-state index >= 15 is 0 Å². The second-order valence-electron chi connectivity index (χ2n) is 5.52. The van der Waals surface area contributed by atoms with Gasteiger partial charge in [-0.2, -0.15) is 0 Å². The normalized spacial score (nSPS) is 18.1. The summed E-state index contributed by atoms with van der Waals surface area (Å²) < 4.78 is 5.38. The SMILES string of the molecule is CCC(C)C(N)C(=O)Nc1ccccc1N1CCOCC1. The van der Waals surface area contributed by atoms with Gasteiger partial charge in [-0.3, -0.25) is 4.79 Å². The molecule has 5 nitrogen and oxygen atoms in total. The van der Waals surface area contributed by atoms with Gasteiger partial charge in [0.25, 0.3) is 0 Å². The molecule has 0 saturated carbocycles. The van der Waals surface area contributed by atoms with Crippen molar-refractivity contribution < 1.29 is 9.53 Å². The Labute approximate surface area is 126 Å². The molecular formula is C16H25N3O2. The quantitative estimate of drug-likeness (QED) is 0.868. The zero-order valence-electron chi connectivity index (χ0n) is 12.8. The van der Waals surface area contributed by atoms with E-state index in [1.54, 1.807) is 0 Å². The summed E-state index contributed by atoms with van der Waals surface area (Å²) in [7, 11) is 0. The predicted octanol–water partition coefficient (Wildman–Crippen LogP) is 1.84. The summed E-state index contributed by atoms with van der Waals surface area (Å²) in [5.41, 5.74) is 7.86. The Morgan fingerprint density at radius 2 is 2.05 bits per heavy atom. The summed E-state index contributed by atoms with van der Waals surface area (Å²) >= 11 is 0. The number of hydrogen-bond acceptors (Lipinski definition) is 4. The molecule has 1 aromatic carbocycles. The molecule has 0 spiro atoms. The minimum atomic E-state index is -0.479. The molecule has 5 heteroatoms. The van der Waals surface area contributed by atoms with Gasteiger partial charge < -0.3 is 20.7 Å². The molecule has 21 heavy (non-hydrogen) atoms. The third-order valence-corrected chi connectivity index (χ3v) is 4.07. The number of carbonyl (C=O) groups excluding carboxylic acids is 1. The molecule has 0 bridgehead atoms. The molecule has 1 aliphatic rings. The van der Waals surface area contributed by atoms with E-state index in [1.165, 1.54) is 0 Å². The zero-order chi connectivity index (χ0) is 15.2. The molecule has 1 saturated heterocycles. The van der Waals surface area contributed by atoms with Gasteiger partial charge in [-0.1, -0.05) is 32.4 Å². The molecule has 3 N–H and O–H groups in total. The van der Waals surface area contributed by atoms with Crippen LogP contribution in [0.25, 0.3) is 0 Å². The Morgan fingerprint density at radius 1 is 1.38 bits per heavy atom. The summed E-state index contributed by atoms with van der Waals surface area (Å²) in [6, 6.07) is 7.37. The van der Waals surface area contributed by atoms with Crippen LogP contribution in [-0.2, 0) is 9.53 Å². The number of morpholine rings is 1. The van der Waals surface area contributed by atoms with Gasteiger partial charge in [-0.05, 0) is 18.1 Å². The van der Waals surface area contributed by atoms with Crippen LogP contribution in [0.5, 0.6) is 0 Å². The van der Waals surface area contributed by atoms with Gasteiger partial charge in [0, 0.05) is 13.1 Å². The van der Waals surface area contributed by atoms with Crippen molar-refractivity contribution in [3.63, 3.8) is 0 Å². The maximum Gasteiger partial charge on any atom is 0.241 e. The van der Waals surface area contributed by atoms with Gasteiger partial charge in [-0.15, -0.1) is 0 Å². The smallest absolute Gasteiger partial charge is 0.241 e. The lowest BCUT2D eigenvalue weighted by molar-refractivity contribution is -0.118. The number of anilines is 2. The number of nitrogens with one attached hydrogen (secondary N) is 1. The number of amides is 1. The Balaban J connectivity index is 2.11. The van der Waals surface area contributed by atoms with E-state index < -0.39 is 6.04 Å². The zero-order valence-corrected chi connectivity index (χ0v) is 12.8. The molecule has 1 amide bonds. The Bertz CT molecular complexity index is 472. The molecular weight excluding hydrogens is 266 g/mol. The van der Waals surface area contributed by atoms with Crippen LogP contribution in [0.2, 0.25) is 0 Å². The topological polar surface area (TPSA) is 67.6 Å². The minimum Gasteiger partial charge on any atom is -0.378 e. The van der Waals surface area contributed by atoms with Gasteiger partial charge in [0.2, 0.25) is 5.91 Å². The average molecular weight is 291 g/mol. The number of nitrogens with zero attached hydrogens (tertiary/aromatic N) is 1. The van der Waals surface area contributed by atoms with Crippen molar-refractivity contribution in [3.8, 4) is 0 Å². The minimum absolute atomic E-state index is 0.120. The summed E-state index contributed by atoms with van der Waals surface area (Å²) in [5.74, 6) is 0.0469. The monoisotopic (exact) mass is 291 g/mol. The van der Waals surface area contributed by atoms with Gasteiger partial charge in [0.1, 0.15) is 0 Å². The third-order valence-electron chi connectivity index (χ3n) is 4.07. The lowest BCUT2D eigenvalue weighted by atomic mass is 9.99. The van der Waals surface area contributed by atoms with Crippen molar-refractivity contribution in [1.82, 2.24) is 0 Å². The van der Waals surface area contributed by atoms with Crippen LogP contribution in [0.4, 0.5) is 11.4 Å². The van der Waals surface area contributed by atoms with Crippen LogP contribution in [0, 0.1) is 5.92 Å². The summed E-state index contributed by atoms with van der Waals surface area (Å²) in [5, 5.41) is 2.98. The highest BCUT2D eigenvalue weighted by molar-refractivity contribution is 5.97. The summed E-state index contributed by atoms with van der Waals surface area (Å²) in [6.45, 7) is 7.15. The van der Waals surface area contributed by atoms with Crippen LogP contribution >= 0.6 is 0 Å². The van der Waals surface area contributed by atoms with Crippen LogP contribution in [-0.4, -0.2) is 38.3 Å². The summed E-state index contributed by atoms with van der Waals surface area (Å²) in [4.78, 5) is 14.5. The number of hydrogen-bond donors (Lipinski definition) is 2. The lowest BCUT2D eigenvalue weighted by Gasteiger charge is -2.31. The van der Waals surface area contributed by atoms with Crippen LogP contribution in [0.1, 0.15) is 20.3 Å². The number of nitrogens with two attached hydrogens (primary N) is 1. The first-order valence-corrected chi connectivity index (χ1v) is 7.61. The van der Waals surface area contributed by atoms with Crippen molar-refractivity contribution in [2.24, 2.45) is 11.7 Å². The van der Waals surface area contributed by atoms with Crippen molar-refractivity contribution in [2.75, 3.05) is 36.5 Å². The van der Waals surface area contributed by atoms with Gasteiger partial charge in [0.05, 0.1) is 30.6 Å². The van der Waals surface area contributed by atoms with Crippen molar-refractivity contribution in [3.05, 3.63) is 24.3 Å². The first kappa shape index (κ1) is 15.8. The molecule has 2 unspecified atom stereocenters. The lowest BCUT2D eigenvalue weighted by Crippen LogP contribution is -2.41. The van der Waals surface area contributed by atoms with Gasteiger partial charge in [-0.25, -0.2) is 0 Å². The molecule has 116 valence electrons. The maximum absolute atomic E-state index is 12.3. The molecule has 1 heterocycles. The second kappa shape index (κ2) is 7.43. The molecule has 0 aliphatic carbocycles. The van der Waals surface area contributed by atoms with E-state index in [0.29, 0.717) is 13.2 Å². The first-order valence-electron chi connectivity index (χ1n) is 7.61. The van der Waals surface area contributed by atoms with Crippen molar-refractivity contribution in [2.45, 2.75) is 26.3 Å². The highest BCUT2D eigenvalue weighted by Crippen LogP contribution is 2.26. The number of carbonyl (C=O) groups is 1. The van der Waals surface area contributed by atoms with E-state index in [9.17, 15) is 4.79 Å². The number of benzene rings is 1. The second-order valence-corrected chi connectivity index (χ2v) is 5.52. The first-order chi connectivity index (χ1) is 10.1. The molecule has 1 aromatic rings. The molecule has 2 atom stereocenters. The molecule has 1 aliphatic heterocycles. The predicted molar refractivity (Wildman–Crippen MR) is 85.5 cm³/mol. The largest absolute Gasteiger partial charge is 0.378 e. The van der Waals surface area contributed by atoms with E-state index in [1.807, 2.05) is 38.1 Å². The fraction of sp³-hybridized carbons (Fsp3) is 0.562. The fourth-order valence-electron chi connectivity index (χ4n) is 2.39. The standard InChI is InChI=1S/C16H25N3O2/c1-3-12(2)15(17)16(20)18-13-6-4-5-7-14(13)19-8-10-21-11-9-19/h4-7,12,15H,3,8-11,17H2,1-2H3,(H,18,20). The third kappa shape index (κ3) is 3.95. The van der Waals surface area contributed by atoms with Crippen LogP contribution in [0.15, 0.2) is 24.3 Å². The van der Waals surface area contributed by atoms with E-state index in [0.717, 1.165) is 30.9 Å². The van der Waals surface area contributed by atoms with E-state index in [4.69, 9.17) is 10.5 Å². The number of para-hydroxylation sites is 2. The number of ether oxygens (including phenoxy) is 1.